The number of nitrogens with zero attached hydrogens (tertiary/aromatic N) is 1. The molecule has 0 aliphatic carbocycles. The van der Waals surface area contributed by atoms with Crippen molar-refractivity contribution in [2.75, 3.05) is 18.4 Å². The molecule has 2 heterocycles. The number of sulfonamides is 1. The molecule has 1 amide bonds. The van der Waals surface area contributed by atoms with Crippen LogP contribution in [0.4, 0.5) is 5.69 Å². The Bertz CT molecular complexity index is 1100. The van der Waals surface area contributed by atoms with Crippen molar-refractivity contribution in [3.63, 3.8) is 0 Å². The number of nitrogens with one attached hydrogen (secondary N) is 1. The highest BCUT2D eigenvalue weighted by Crippen LogP contribution is 2.38. The van der Waals surface area contributed by atoms with Gasteiger partial charge in [0.25, 0.3) is 5.91 Å². The average molecular weight is 528 g/mol. The first-order chi connectivity index (χ1) is 13.3. The maximum absolute atomic E-state index is 12.9. The molecule has 2 aromatic carbocycles. The average Bonchev–Trinajstić information content (AvgIpc) is 3.28. The molecule has 0 aromatic heterocycles. The number of anilines is 1. The minimum Gasteiger partial charge on any atom is -0.506 e. The van der Waals surface area contributed by atoms with Crippen LogP contribution in [-0.4, -0.2) is 36.8 Å². The molecule has 2 aliphatic rings. The highest BCUT2D eigenvalue weighted by atomic mass is 79.9. The third-order valence-electron chi connectivity index (χ3n) is 4.83. The lowest BCUT2D eigenvalue weighted by molar-refractivity contribution is -0.110. The number of fused-ring (bicyclic) bond motifs is 1. The molecule has 2 aliphatic heterocycles. The molecule has 0 bridgehead atoms. The Labute approximate surface area is 179 Å². The van der Waals surface area contributed by atoms with Crippen LogP contribution in [0.25, 0.3) is 11.6 Å². The fourth-order valence-corrected chi connectivity index (χ4v) is 6.15. The zero-order valence-electron chi connectivity index (χ0n) is 14.6. The van der Waals surface area contributed by atoms with Gasteiger partial charge in [0.15, 0.2) is 0 Å². The van der Waals surface area contributed by atoms with E-state index in [1.165, 1.54) is 10.4 Å². The SMILES string of the molecule is O=C1Nc2ccc(S(=O)(=O)N3CCCC3)cc2C1=Cc1cc(Br)c(O)c(Br)c1. The molecule has 28 heavy (non-hydrogen) atoms. The van der Waals surface area contributed by atoms with Crippen molar-refractivity contribution in [3.8, 4) is 5.75 Å². The summed E-state index contributed by atoms with van der Waals surface area (Å²) >= 11 is 6.55. The van der Waals surface area contributed by atoms with Crippen LogP contribution in [-0.2, 0) is 14.8 Å². The standard InChI is InChI=1S/C19H16Br2N2O4S/c20-15-8-11(9-16(21)18(15)24)7-14-13-10-12(3-4-17(13)22-19(14)25)28(26,27)23-5-1-2-6-23/h3-4,7-10,24H,1-2,5-6H2,(H,22,25). The lowest BCUT2D eigenvalue weighted by Gasteiger charge is -2.16. The second-order valence-corrected chi connectivity index (χ2v) is 10.3. The highest BCUT2D eigenvalue weighted by molar-refractivity contribution is 9.11. The molecule has 2 N–H and O–H groups in total. The molecule has 6 nitrogen and oxygen atoms in total. The number of amides is 1. The first-order valence-corrected chi connectivity index (χ1v) is 11.7. The van der Waals surface area contributed by atoms with Gasteiger partial charge in [0, 0.05) is 29.9 Å². The molecule has 1 saturated heterocycles. The van der Waals surface area contributed by atoms with Crippen LogP contribution in [0.15, 0.2) is 44.2 Å². The third-order valence-corrected chi connectivity index (χ3v) is 7.93. The van der Waals surface area contributed by atoms with E-state index in [1.54, 1.807) is 30.3 Å². The van der Waals surface area contributed by atoms with Crippen LogP contribution in [0.1, 0.15) is 24.0 Å². The summed E-state index contributed by atoms with van der Waals surface area (Å²) in [5, 5.41) is 12.6. The summed E-state index contributed by atoms with van der Waals surface area (Å²) in [7, 11) is -3.57. The summed E-state index contributed by atoms with van der Waals surface area (Å²) in [6.45, 7) is 1.05. The Morgan fingerprint density at radius 3 is 2.36 bits per heavy atom. The number of hydrogen-bond donors (Lipinski definition) is 2. The monoisotopic (exact) mass is 526 g/mol. The van der Waals surface area contributed by atoms with E-state index in [9.17, 15) is 18.3 Å². The zero-order chi connectivity index (χ0) is 20.1. The summed E-state index contributed by atoms with van der Waals surface area (Å²) in [6.07, 6.45) is 3.39. The van der Waals surface area contributed by atoms with E-state index in [1.807, 2.05) is 0 Å². The van der Waals surface area contributed by atoms with Crippen molar-refractivity contribution in [3.05, 3.63) is 50.4 Å². The molecule has 9 heteroatoms. The molecule has 0 saturated carbocycles. The number of benzene rings is 2. The van der Waals surface area contributed by atoms with Gasteiger partial charge in [-0.15, -0.1) is 0 Å². The maximum Gasteiger partial charge on any atom is 0.256 e. The van der Waals surface area contributed by atoms with E-state index in [0.29, 0.717) is 44.4 Å². The van der Waals surface area contributed by atoms with E-state index in [4.69, 9.17) is 0 Å². The second-order valence-electron chi connectivity index (χ2n) is 6.66. The number of aromatic hydroxyl groups is 1. The Hall–Kier alpha value is -1.68. The van der Waals surface area contributed by atoms with E-state index in [-0.39, 0.29) is 16.6 Å². The number of hydrogen-bond acceptors (Lipinski definition) is 4. The smallest absolute Gasteiger partial charge is 0.256 e. The number of rotatable bonds is 3. The summed E-state index contributed by atoms with van der Waals surface area (Å²) in [6, 6.07) is 8.08. The van der Waals surface area contributed by atoms with Crippen molar-refractivity contribution >= 4 is 65.1 Å². The summed E-state index contributed by atoms with van der Waals surface area (Å²) in [5.74, 6) is -0.233. The molecular weight excluding hydrogens is 512 g/mol. The van der Waals surface area contributed by atoms with E-state index in [2.05, 4.69) is 37.2 Å². The van der Waals surface area contributed by atoms with Gasteiger partial charge in [-0.05, 0) is 86.7 Å². The third kappa shape index (κ3) is 3.41. The van der Waals surface area contributed by atoms with E-state index in [0.717, 1.165) is 12.8 Å². The Morgan fingerprint density at radius 1 is 1.07 bits per heavy atom. The van der Waals surface area contributed by atoms with E-state index < -0.39 is 10.0 Å². The number of carbonyl (C=O) groups excluding carboxylic acids is 1. The molecule has 0 atom stereocenters. The van der Waals surface area contributed by atoms with Gasteiger partial charge < -0.3 is 10.4 Å². The maximum atomic E-state index is 12.9. The minimum absolute atomic E-state index is 0.0671. The van der Waals surface area contributed by atoms with Crippen LogP contribution in [0.5, 0.6) is 5.75 Å². The minimum atomic E-state index is -3.57. The topological polar surface area (TPSA) is 86.7 Å². The molecule has 4 rings (SSSR count). The first-order valence-electron chi connectivity index (χ1n) is 8.63. The lowest BCUT2D eigenvalue weighted by atomic mass is 10.0. The van der Waals surface area contributed by atoms with Crippen LogP contribution in [0, 0.1) is 0 Å². The predicted molar refractivity (Wildman–Crippen MR) is 114 cm³/mol. The van der Waals surface area contributed by atoms with Crippen molar-refractivity contribution < 1.29 is 18.3 Å². The molecule has 146 valence electrons. The van der Waals surface area contributed by atoms with Gasteiger partial charge in [0.1, 0.15) is 5.75 Å². The largest absolute Gasteiger partial charge is 0.506 e. The summed E-state index contributed by atoms with van der Waals surface area (Å²) in [4.78, 5) is 12.7. The fourth-order valence-electron chi connectivity index (χ4n) is 3.38. The quantitative estimate of drug-likeness (QED) is 0.586. The lowest BCUT2D eigenvalue weighted by Crippen LogP contribution is -2.27. The first kappa shape index (κ1) is 19.6. The van der Waals surface area contributed by atoms with Crippen molar-refractivity contribution in [2.45, 2.75) is 17.7 Å². The number of phenols is 1. The molecule has 0 spiro atoms. The number of halogens is 2. The van der Waals surface area contributed by atoms with Crippen LogP contribution in [0.3, 0.4) is 0 Å². The molecular formula is C19H16Br2N2O4S. The highest BCUT2D eigenvalue weighted by Gasteiger charge is 2.31. The van der Waals surface area contributed by atoms with Gasteiger partial charge >= 0.3 is 0 Å². The van der Waals surface area contributed by atoms with E-state index >= 15 is 0 Å². The van der Waals surface area contributed by atoms with Gasteiger partial charge in [-0.25, -0.2) is 8.42 Å². The zero-order valence-corrected chi connectivity index (χ0v) is 18.6. The van der Waals surface area contributed by atoms with Crippen molar-refractivity contribution in [1.82, 2.24) is 4.31 Å². The van der Waals surface area contributed by atoms with Crippen molar-refractivity contribution in [2.24, 2.45) is 0 Å². The Kier molecular flexibility index (Phi) is 5.11. The predicted octanol–water partition coefficient (Wildman–Crippen LogP) is 4.19. The number of phenolic OH excluding ortho intramolecular Hbond substituents is 1. The van der Waals surface area contributed by atoms with Gasteiger partial charge in [-0.1, -0.05) is 0 Å². The summed E-state index contributed by atoms with van der Waals surface area (Å²) < 4.78 is 28.2. The van der Waals surface area contributed by atoms with Gasteiger partial charge in [-0.2, -0.15) is 4.31 Å². The van der Waals surface area contributed by atoms with Crippen molar-refractivity contribution in [1.29, 1.82) is 0 Å². The Balaban J connectivity index is 1.78. The summed E-state index contributed by atoms with van der Waals surface area (Å²) in [5.41, 5.74) is 2.18. The normalized spacial score (nSPS) is 18.5. The Morgan fingerprint density at radius 2 is 1.71 bits per heavy atom. The van der Waals surface area contributed by atoms with Crippen LogP contribution < -0.4 is 5.32 Å². The van der Waals surface area contributed by atoms with Crippen LogP contribution in [0.2, 0.25) is 0 Å². The van der Waals surface area contributed by atoms with Gasteiger partial charge in [0.05, 0.1) is 13.8 Å². The number of carbonyl (C=O) groups is 1. The molecule has 0 radical (unpaired) electrons. The fraction of sp³-hybridized carbons (Fsp3) is 0.211. The molecule has 1 fully saturated rings. The van der Waals surface area contributed by atoms with Gasteiger partial charge in [0.2, 0.25) is 10.0 Å². The van der Waals surface area contributed by atoms with Gasteiger partial charge in [-0.3, -0.25) is 4.79 Å². The van der Waals surface area contributed by atoms with Crippen LogP contribution >= 0.6 is 31.9 Å². The molecule has 0 unspecified atom stereocenters. The second kappa shape index (κ2) is 7.29. The molecule has 2 aromatic rings.